The fourth-order valence-electron chi connectivity index (χ4n) is 4.70. The van der Waals surface area contributed by atoms with Crippen LogP contribution in [0.15, 0.2) is 37.9 Å². The van der Waals surface area contributed by atoms with Gasteiger partial charge in [-0.05, 0) is 33.3 Å². The Kier molecular flexibility index (Phi) is 22.9. The molecule has 0 N–H and O–H groups in total. The number of aryl methyl sites for hydroxylation is 1. The summed E-state index contributed by atoms with van der Waals surface area (Å²) < 4.78 is 59.6. The van der Waals surface area contributed by atoms with Crippen LogP contribution in [0.4, 0.5) is 0 Å². The van der Waals surface area contributed by atoms with Gasteiger partial charge in [-0.3, -0.25) is 4.90 Å². The van der Waals surface area contributed by atoms with Crippen molar-refractivity contribution in [2.45, 2.75) is 65.5 Å². The third-order valence-corrected chi connectivity index (χ3v) is 7.33. The largest absolute Gasteiger partial charge is 0.519 e. The molecule has 5 heterocycles. The van der Waals surface area contributed by atoms with Gasteiger partial charge in [0.05, 0.1) is 51.3 Å². The first-order chi connectivity index (χ1) is 23.6. The minimum atomic E-state index is -0.676. The first kappa shape index (κ1) is 45.3. The van der Waals surface area contributed by atoms with Gasteiger partial charge in [0.25, 0.3) is 0 Å². The van der Waals surface area contributed by atoms with Crippen molar-refractivity contribution >= 4 is 5.97 Å². The van der Waals surface area contributed by atoms with Crippen LogP contribution in [0.2, 0.25) is 0 Å². The van der Waals surface area contributed by atoms with E-state index >= 15 is 0 Å². The van der Waals surface area contributed by atoms with E-state index < -0.39 is 17.9 Å². The fourth-order valence-corrected chi connectivity index (χ4v) is 4.70. The van der Waals surface area contributed by atoms with Crippen molar-refractivity contribution < 1.29 is 61.0 Å². The van der Waals surface area contributed by atoms with E-state index in [1.807, 2.05) is 26.0 Å². The van der Waals surface area contributed by atoms with Gasteiger partial charge >= 0.3 is 11.8 Å². The van der Waals surface area contributed by atoms with Gasteiger partial charge in [-0.15, -0.1) is 0 Å². The molecule has 0 radical (unpaired) electrons. The Bertz CT molecular complexity index is 1220. The molecule has 1 aromatic carbocycles. The number of morpholine rings is 1. The predicted molar refractivity (Wildman–Crippen MR) is 183 cm³/mol. The van der Waals surface area contributed by atoms with Crippen molar-refractivity contribution in [2.24, 2.45) is 0 Å². The molecule has 6 rings (SSSR count). The highest BCUT2D eigenvalue weighted by Gasteiger charge is 2.32. The number of esters is 1. The van der Waals surface area contributed by atoms with Gasteiger partial charge in [0, 0.05) is 67.4 Å². The SMILES string of the molecule is C.COC1CCOC1.COC1OC(=O)c2ccccc21.COCC1COC(C)(C)O1.COCCN1CCOCC1.COCc1oc(=O)oc1C. The zero-order valence-electron chi connectivity index (χ0n) is 30.2. The second-order valence-corrected chi connectivity index (χ2v) is 11.5. The summed E-state index contributed by atoms with van der Waals surface area (Å²) in [5.41, 5.74) is 1.41. The van der Waals surface area contributed by atoms with Gasteiger partial charge in [-0.25, -0.2) is 9.59 Å². The molecule has 0 bridgehead atoms. The number of nitrogens with zero attached hydrogens (tertiary/aromatic N) is 1. The first-order valence-corrected chi connectivity index (χ1v) is 16.2. The number of rotatable bonds is 9. The molecule has 2 aromatic rings. The lowest BCUT2D eigenvalue weighted by atomic mass is 10.1. The Balaban J connectivity index is 0.000000314. The van der Waals surface area contributed by atoms with Gasteiger partial charge in [0.15, 0.2) is 11.5 Å². The van der Waals surface area contributed by atoms with Gasteiger partial charge in [-0.2, -0.15) is 0 Å². The molecular weight excluding hydrogens is 658 g/mol. The van der Waals surface area contributed by atoms with Crippen molar-refractivity contribution in [3.63, 3.8) is 0 Å². The van der Waals surface area contributed by atoms with E-state index in [2.05, 4.69) is 13.7 Å². The van der Waals surface area contributed by atoms with Crippen molar-refractivity contribution in [3.8, 4) is 0 Å². The Labute approximate surface area is 296 Å². The Morgan fingerprint density at radius 1 is 0.880 bits per heavy atom. The third kappa shape index (κ3) is 17.0. The Hall–Kier alpha value is -2.70. The smallest absolute Gasteiger partial charge is 0.428 e. The minimum Gasteiger partial charge on any atom is -0.428 e. The van der Waals surface area contributed by atoms with E-state index in [9.17, 15) is 9.59 Å². The molecule has 0 aliphatic carbocycles. The highest BCUT2D eigenvalue weighted by molar-refractivity contribution is 5.93. The fraction of sp³-hybridized carbons (Fsp3) is 0.714. The van der Waals surface area contributed by atoms with Crippen LogP contribution in [0, 0.1) is 6.92 Å². The highest BCUT2D eigenvalue weighted by atomic mass is 16.7. The normalized spacial score (nSPS) is 21.8. The summed E-state index contributed by atoms with van der Waals surface area (Å²) in [6, 6.07) is 7.22. The molecule has 4 aliphatic heterocycles. The molecule has 15 heteroatoms. The molecule has 1 aromatic heterocycles. The van der Waals surface area contributed by atoms with E-state index in [1.165, 1.54) is 14.2 Å². The molecule has 0 spiro atoms. The van der Waals surface area contributed by atoms with E-state index in [-0.39, 0.29) is 26.1 Å². The third-order valence-electron chi connectivity index (χ3n) is 7.33. The molecule has 0 saturated carbocycles. The van der Waals surface area contributed by atoms with Crippen LogP contribution in [-0.2, 0) is 54.0 Å². The zero-order chi connectivity index (χ0) is 36.1. The number of hydrogen-bond acceptors (Lipinski definition) is 15. The van der Waals surface area contributed by atoms with E-state index in [4.69, 9.17) is 47.4 Å². The van der Waals surface area contributed by atoms with Crippen molar-refractivity contribution in [1.29, 1.82) is 0 Å². The van der Waals surface area contributed by atoms with Crippen LogP contribution >= 0.6 is 0 Å². The number of carbonyl (C=O) groups excluding carboxylic acids is 1. The second-order valence-electron chi connectivity index (χ2n) is 11.5. The van der Waals surface area contributed by atoms with Crippen molar-refractivity contribution in [3.05, 3.63) is 57.5 Å². The number of carbonyl (C=O) groups is 1. The number of cyclic esters (lactones) is 1. The van der Waals surface area contributed by atoms with Gasteiger partial charge in [0.2, 0.25) is 6.29 Å². The lowest BCUT2D eigenvalue weighted by Gasteiger charge is -2.25. The standard InChI is InChI=1S/C9H8O3.C7H15NO2.C7H14O3.C6H8O4.C5H10O2.CH4/c1-11-9-7-5-3-2-4-6(7)8(10)12-9;1-9-5-2-8-3-6-10-7-4-8;1-7(2)9-5-6(10-7)4-8-3;1-4-5(3-8-2)10-6(7)9-4;1-6-5-2-3-7-4-5;/h2-5,9H,1H3;2-7H2,1H3;6H,4-5H2,1-3H3;3H2,1-2H3;5H,2-4H2,1H3;1H4. The number of benzene rings is 1. The lowest BCUT2D eigenvalue weighted by molar-refractivity contribution is -0.143. The number of ether oxygens (including phenoxy) is 10. The summed E-state index contributed by atoms with van der Waals surface area (Å²) in [6.07, 6.45) is 1.03. The number of methoxy groups -OCH3 is 5. The minimum absolute atomic E-state index is 0. The van der Waals surface area contributed by atoms with Crippen LogP contribution in [0.5, 0.6) is 0 Å². The molecule has 15 nitrogen and oxygen atoms in total. The van der Waals surface area contributed by atoms with E-state index in [0.717, 1.165) is 64.7 Å². The number of hydrogen-bond donors (Lipinski definition) is 0. The molecule has 3 unspecified atom stereocenters. The Morgan fingerprint density at radius 2 is 1.60 bits per heavy atom. The summed E-state index contributed by atoms with van der Waals surface area (Å²) in [6.45, 7) is 14.4. The summed E-state index contributed by atoms with van der Waals surface area (Å²) >= 11 is 0. The summed E-state index contributed by atoms with van der Waals surface area (Å²) in [5.74, 6) is -0.468. The molecule has 3 fully saturated rings. The van der Waals surface area contributed by atoms with Gasteiger partial charge < -0.3 is 56.2 Å². The monoisotopic (exact) mass is 717 g/mol. The predicted octanol–water partition coefficient (Wildman–Crippen LogP) is 4.00. The molecule has 3 saturated heterocycles. The first-order valence-electron chi connectivity index (χ1n) is 16.2. The highest BCUT2D eigenvalue weighted by Crippen LogP contribution is 2.30. The maximum atomic E-state index is 11.1. The van der Waals surface area contributed by atoms with Crippen LogP contribution in [0.1, 0.15) is 61.4 Å². The number of fused-ring (bicyclic) bond motifs is 1. The van der Waals surface area contributed by atoms with Gasteiger partial charge in [0.1, 0.15) is 18.5 Å². The summed E-state index contributed by atoms with van der Waals surface area (Å²) in [5, 5.41) is 0. The molecule has 50 heavy (non-hydrogen) atoms. The van der Waals surface area contributed by atoms with E-state index in [0.29, 0.717) is 36.4 Å². The van der Waals surface area contributed by atoms with Crippen LogP contribution < -0.4 is 5.82 Å². The maximum absolute atomic E-state index is 11.1. The average Bonchev–Trinajstić information content (AvgIpc) is 3.89. The summed E-state index contributed by atoms with van der Waals surface area (Å²) in [7, 11) is 8.15. The van der Waals surface area contributed by atoms with Crippen molar-refractivity contribution in [2.75, 3.05) is 101 Å². The average molecular weight is 718 g/mol. The maximum Gasteiger partial charge on any atom is 0.519 e. The van der Waals surface area contributed by atoms with Crippen LogP contribution in [-0.4, -0.2) is 130 Å². The van der Waals surface area contributed by atoms with Crippen LogP contribution in [0.25, 0.3) is 0 Å². The molecule has 4 aliphatic rings. The molecule has 288 valence electrons. The quantitative estimate of drug-likeness (QED) is 0.343. The zero-order valence-corrected chi connectivity index (χ0v) is 30.2. The Morgan fingerprint density at radius 3 is 2.10 bits per heavy atom. The second kappa shape index (κ2) is 25.3. The lowest BCUT2D eigenvalue weighted by Crippen LogP contribution is -2.38. The topological polar surface area (TPSA) is 156 Å². The molecule has 3 atom stereocenters. The summed E-state index contributed by atoms with van der Waals surface area (Å²) in [4.78, 5) is 23.9. The van der Waals surface area contributed by atoms with Crippen molar-refractivity contribution in [1.82, 2.24) is 4.90 Å². The molecular formula is C35H59NO14. The van der Waals surface area contributed by atoms with Gasteiger partial charge in [-0.1, -0.05) is 25.6 Å². The van der Waals surface area contributed by atoms with E-state index in [1.54, 1.807) is 40.4 Å². The molecule has 0 amide bonds. The van der Waals surface area contributed by atoms with Crippen LogP contribution in [0.3, 0.4) is 0 Å².